The van der Waals surface area contributed by atoms with Crippen molar-refractivity contribution < 1.29 is 8.42 Å². The molecule has 1 aliphatic heterocycles. The van der Waals surface area contributed by atoms with E-state index in [-0.39, 0.29) is 0 Å². The summed E-state index contributed by atoms with van der Waals surface area (Å²) in [6.45, 7) is 3.49. The maximum atomic E-state index is 13.2. The smallest absolute Gasteiger partial charge is 0.245 e. The number of rotatable bonds is 5. The molecule has 0 aliphatic carbocycles. The first-order valence-corrected chi connectivity index (χ1v) is 10.7. The molecule has 0 saturated carbocycles. The second-order valence-corrected chi connectivity index (χ2v) is 8.72. The first kappa shape index (κ1) is 18.1. The molecule has 0 atom stereocenters. The van der Waals surface area contributed by atoms with E-state index in [1.807, 2.05) is 24.3 Å². The van der Waals surface area contributed by atoms with Crippen LogP contribution < -0.4 is 0 Å². The number of hydrogen-bond donors (Lipinski definition) is 0. The van der Waals surface area contributed by atoms with E-state index in [0.717, 1.165) is 31.4 Å². The zero-order chi connectivity index (χ0) is 18.7. The van der Waals surface area contributed by atoms with Crippen LogP contribution in [0.3, 0.4) is 0 Å². The highest BCUT2D eigenvalue weighted by Crippen LogP contribution is 2.24. The molecular formula is C21H23N3O2S. The van der Waals surface area contributed by atoms with Gasteiger partial charge in [-0.25, -0.2) is 8.42 Å². The van der Waals surface area contributed by atoms with Crippen molar-refractivity contribution in [2.24, 2.45) is 0 Å². The highest BCUT2D eigenvalue weighted by molar-refractivity contribution is 7.89. The van der Waals surface area contributed by atoms with Crippen LogP contribution in [-0.4, -0.2) is 55.3 Å². The van der Waals surface area contributed by atoms with E-state index in [1.54, 1.807) is 22.6 Å². The Morgan fingerprint density at radius 2 is 1.59 bits per heavy atom. The van der Waals surface area contributed by atoms with Crippen molar-refractivity contribution in [2.45, 2.75) is 11.3 Å². The topological polar surface area (TPSA) is 53.5 Å². The molecule has 3 aromatic rings. The van der Waals surface area contributed by atoms with Crippen molar-refractivity contribution in [3.63, 3.8) is 0 Å². The lowest BCUT2D eigenvalue weighted by Gasteiger charge is -2.34. The van der Waals surface area contributed by atoms with Crippen molar-refractivity contribution in [2.75, 3.05) is 32.7 Å². The molecule has 2 aromatic carbocycles. The number of piperazine rings is 1. The van der Waals surface area contributed by atoms with Gasteiger partial charge in [0.05, 0.1) is 5.52 Å². The van der Waals surface area contributed by atoms with E-state index in [2.05, 4.69) is 34.1 Å². The summed E-state index contributed by atoms with van der Waals surface area (Å²) in [5, 5.41) is 0.847. The van der Waals surface area contributed by atoms with Gasteiger partial charge in [0.25, 0.3) is 0 Å². The van der Waals surface area contributed by atoms with Gasteiger partial charge in [0.15, 0.2) is 0 Å². The third-order valence-corrected chi connectivity index (χ3v) is 7.03. The summed E-state index contributed by atoms with van der Waals surface area (Å²) >= 11 is 0. The fourth-order valence-corrected chi connectivity index (χ4v) is 5.14. The second kappa shape index (κ2) is 7.76. The first-order valence-electron chi connectivity index (χ1n) is 9.25. The fourth-order valence-electron chi connectivity index (χ4n) is 3.55. The minimum Gasteiger partial charge on any atom is -0.300 e. The molecule has 0 unspecified atom stereocenters. The highest BCUT2D eigenvalue weighted by atomic mass is 32.2. The SMILES string of the molecule is O=S(=O)(c1cccc2cccnc12)N1CCN(CCc2ccccc2)CC1. The predicted molar refractivity (Wildman–Crippen MR) is 107 cm³/mol. The Labute approximate surface area is 160 Å². The Morgan fingerprint density at radius 1 is 0.852 bits per heavy atom. The molecule has 0 N–H and O–H groups in total. The highest BCUT2D eigenvalue weighted by Gasteiger charge is 2.29. The molecule has 1 saturated heterocycles. The summed E-state index contributed by atoms with van der Waals surface area (Å²) in [5.41, 5.74) is 1.86. The van der Waals surface area contributed by atoms with E-state index in [9.17, 15) is 8.42 Å². The number of sulfonamides is 1. The molecule has 1 aliphatic rings. The molecule has 4 rings (SSSR count). The van der Waals surface area contributed by atoms with E-state index >= 15 is 0 Å². The van der Waals surface area contributed by atoms with Crippen LogP contribution in [0.1, 0.15) is 5.56 Å². The number of para-hydroxylation sites is 1. The zero-order valence-corrected chi connectivity index (χ0v) is 16.0. The number of hydrogen-bond acceptors (Lipinski definition) is 4. The summed E-state index contributed by atoms with van der Waals surface area (Å²) < 4.78 is 27.9. The van der Waals surface area contributed by atoms with Gasteiger partial charge in [-0.15, -0.1) is 0 Å². The third kappa shape index (κ3) is 3.88. The van der Waals surface area contributed by atoms with Gasteiger partial charge in [-0.2, -0.15) is 4.31 Å². The lowest BCUT2D eigenvalue weighted by molar-refractivity contribution is 0.190. The Kier molecular flexibility index (Phi) is 5.20. The van der Waals surface area contributed by atoms with Gasteiger partial charge >= 0.3 is 0 Å². The van der Waals surface area contributed by atoms with Gasteiger partial charge < -0.3 is 4.90 Å². The monoisotopic (exact) mass is 381 g/mol. The van der Waals surface area contributed by atoms with Crippen LogP contribution in [0.5, 0.6) is 0 Å². The first-order chi connectivity index (χ1) is 13.1. The molecular weight excluding hydrogens is 358 g/mol. The minimum atomic E-state index is -3.53. The van der Waals surface area contributed by atoms with Gasteiger partial charge in [0.1, 0.15) is 4.90 Å². The van der Waals surface area contributed by atoms with Gasteiger partial charge in [0, 0.05) is 44.3 Å². The molecule has 1 aromatic heterocycles. The molecule has 0 amide bonds. The lowest BCUT2D eigenvalue weighted by atomic mass is 10.1. The predicted octanol–water partition coefficient (Wildman–Crippen LogP) is 2.78. The molecule has 6 heteroatoms. The van der Waals surface area contributed by atoms with Crippen LogP contribution in [-0.2, 0) is 16.4 Å². The number of aromatic nitrogens is 1. The molecule has 27 heavy (non-hydrogen) atoms. The Hall–Kier alpha value is -2.28. The molecule has 0 radical (unpaired) electrons. The molecule has 140 valence electrons. The number of nitrogens with zero attached hydrogens (tertiary/aromatic N) is 3. The van der Waals surface area contributed by atoms with Crippen molar-refractivity contribution in [1.82, 2.24) is 14.2 Å². The molecule has 5 nitrogen and oxygen atoms in total. The van der Waals surface area contributed by atoms with Crippen molar-refractivity contribution >= 4 is 20.9 Å². The lowest BCUT2D eigenvalue weighted by Crippen LogP contribution is -2.49. The van der Waals surface area contributed by atoms with Crippen LogP contribution in [0.2, 0.25) is 0 Å². The second-order valence-electron chi connectivity index (χ2n) is 6.81. The Bertz CT molecular complexity index is 1010. The Morgan fingerprint density at radius 3 is 2.37 bits per heavy atom. The molecule has 0 bridgehead atoms. The number of pyridine rings is 1. The fraction of sp³-hybridized carbons (Fsp3) is 0.286. The van der Waals surface area contributed by atoms with Crippen LogP contribution in [0.15, 0.2) is 71.8 Å². The summed E-state index contributed by atoms with van der Waals surface area (Å²) in [6.07, 6.45) is 2.63. The number of fused-ring (bicyclic) bond motifs is 1. The van der Waals surface area contributed by atoms with Crippen molar-refractivity contribution in [3.8, 4) is 0 Å². The van der Waals surface area contributed by atoms with Crippen LogP contribution >= 0.6 is 0 Å². The van der Waals surface area contributed by atoms with E-state index in [0.29, 0.717) is 23.5 Å². The van der Waals surface area contributed by atoms with E-state index in [1.165, 1.54) is 5.56 Å². The van der Waals surface area contributed by atoms with Gasteiger partial charge in [0.2, 0.25) is 10.0 Å². The van der Waals surface area contributed by atoms with Crippen LogP contribution in [0, 0.1) is 0 Å². The minimum absolute atomic E-state index is 0.304. The largest absolute Gasteiger partial charge is 0.300 e. The Balaban J connectivity index is 1.44. The molecule has 0 spiro atoms. The quantitative estimate of drug-likeness (QED) is 0.682. The van der Waals surface area contributed by atoms with Crippen LogP contribution in [0.25, 0.3) is 10.9 Å². The van der Waals surface area contributed by atoms with Gasteiger partial charge in [-0.05, 0) is 24.1 Å². The average Bonchev–Trinajstić information content (AvgIpc) is 2.73. The zero-order valence-electron chi connectivity index (χ0n) is 15.2. The van der Waals surface area contributed by atoms with E-state index < -0.39 is 10.0 Å². The molecule has 1 fully saturated rings. The summed E-state index contributed by atoms with van der Waals surface area (Å²) in [6, 6.07) is 19.4. The van der Waals surface area contributed by atoms with Gasteiger partial charge in [-0.3, -0.25) is 4.98 Å². The maximum Gasteiger partial charge on any atom is 0.245 e. The summed E-state index contributed by atoms with van der Waals surface area (Å²) in [5.74, 6) is 0. The number of benzene rings is 2. The summed E-state index contributed by atoms with van der Waals surface area (Å²) in [7, 11) is -3.53. The summed E-state index contributed by atoms with van der Waals surface area (Å²) in [4.78, 5) is 6.94. The van der Waals surface area contributed by atoms with E-state index in [4.69, 9.17) is 0 Å². The maximum absolute atomic E-state index is 13.2. The third-order valence-electron chi connectivity index (χ3n) is 5.10. The van der Waals surface area contributed by atoms with Crippen molar-refractivity contribution in [1.29, 1.82) is 0 Å². The van der Waals surface area contributed by atoms with Crippen molar-refractivity contribution in [3.05, 3.63) is 72.4 Å². The normalized spacial score (nSPS) is 16.6. The standard InChI is InChI=1S/C21H23N3O2S/c25-27(26,20-10-4-8-19-9-5-12-22-21(19)20)24-16-14-23(15-17-24)13-11-18-6-2-1-3-7-18/h1-10,12H,11,13-17H2. The van der Waals surface area contributed by atoms with Crippen LogP contribution in [0.4, 0.5) is 0 Å². The average molecular weight is 382 g/mol. The molecule has 2 heterocycles. The van der Waals surface area contributed by atoms with Gasteiger partial charge in [-0.1, -0.05) is 48.5 Å².